The minimum Gasteiger partial charge on any atom is -0.398 e. The molecule has 0 spiro atoms. The van der Waals surface area contributed by atoms with Crippen LogP contribution in [-0.2, 0) is 0 Å². The van der Waals surface area contributed by atoms with E-state index in [1.54, 1.807) is 0 Å². The van der Waals surface area contributed by atoms with Gasteiger partial charge in [-0.05, 0) is 34.4 Å². The Morgan fingerprint density at radius 3 is 2.42 bits per heavy atom. The average Bonchev–Trinajstić information content (AvgIpc) is 3.06. The fourth-order valence-corrected chi connectivity index (χ4v) is 3.40. The number of rotatable bonds is 1. The highest BCUT2D eigenvalue weighted by Crippen LogP contribution is 2.32. The van der Waals surface area contributed by atoms with E-state index in [2.05, 4.69) is 53.5 Å². The molecule has 3 heteroatoms. The van der Waals surface area contributed by atoms with Crippen molar-refractivity contribution in [2.45, 2.75) is 0 Å². The van der Waals surface area contributed by atoms with Crippen molar-refractivity contribution in [1.29, 1.82) is 0 Å². The second-order valence-corrected chi connectivity index (χ2v) is 6.02. The van der Waals surface area contributed by atoms with Gasteiger partial charge in [-0.2, -0.15) is 0 Å². The SMILES string of the molecule is Nc1ccccc1-c1nc2c(ccc3c4ccccc4ccc32)[nH]1. The van der Waals surface area contributed by atoms with Gasteiger partial charge in [0.2, 0.25) is 0 Å². The Morgan fingerprint density at radius 2 is 1.50 bits per heavy atom. The Hall–Kier alpha value is -3.33. The molecule has 0 unspecified atom stereocenters. The number of nitrogens with zero attached hydrogens (tertiary/aromatic N) is 1. The van der Waals surface area contributed by atoms with Crippen LogP contribution in [0.25, 0.3) is 44.0 Å². The number of benzene rings is 4. The lowest BCUT2D eigenvalue weighted by molar-refractivity contribution is 1.34. The van der Waals surface area contributed by atoms with Gasteiger partial charge in [-0.15, -0.1) is 0 Å². The van der Waals surface area contributed by atoms with Crippen LogP contribution in [-0.4, -0.2) is 9.97 Å². The molecule has 0 saturated heterocycles. The molecular formula is C21H15N3. The van der Waals surface area contributed by atoms with Crippen molar-refractivity contribution in [2.75, 3.05) is 5.73 Å². The second kappa shape index (κ2) is 4.83. The van der Waals surface area contributed by atoms with Gasteiger partial charge in [0.15, 0.2) is 0 Å². The fraction of sp³-hybridized carbons (Fsp3) is 0. The Morgan fingerprint density at radius 1 is 0.708 bits per heavy atom. The molecule has 3 nitrogen and oxygen atoms in total. The molecule has 1 aromatic heterocycles. The van der Waals surface area contributed by atoms with Crippen LogP contribution < -0.4 is 5.73 Å². The van der Waals surface area contributed by atoms with Gasteiger partial charge in [0.1, 0.15) is 5.82 Å². The molecule has 0 amide bonds. The molecule has 0 saturated carbocycles. The van der Waals surface area contributed by atoms with Crippen LogP contribution in [0, 0.1) is 0 Å². The summed E-state index contributed by atoms with van der Waals surface area (Å²) in [6.07, 6.45) is 0. The van der Waals surface area contributed by atoms with Gasteiger partial charge in [0.25, 0.3) is 0 Å². The molecule has 3 N–H and O–H groups in total. The van der Waals surface area contributed by atoms with E-state index in [1.807, 2.05) is 24.3 Å². The van der Waals surface area contributed by atoms with Crippen molar-refractivity contribution in [3.8, 4) is 11.4 Å². The van der Waals surface area contributed by atoms with E-state index >= 15 is 0 Å². The number of hydrogen-bond acceptors (Lipinski definition) is 2. The molecule has 0 fully saturated rings. The molecule has 0 atom stereocenters. The van der Waals surface area contributed by atoms with Crippen molar-refractivity contribution in [2.24, 2.45) is 0 Å². The first-order valence-corrected chi connectivity index (χ1v) is 7.96. The topological polar surface area (TPSA) is 54.7 Å². The number of H-pyrrole nitrogens is 1. The summed E-state index contributed by atoms with van der Waals surface area (Å²) in [4.78, 5) is 8.24. The second-order valence-electron chi connectivity index (χ2n) is 6.02. The molecule has 5 aromatic rings. The van der Waals surface area contributed by atoms with Crippen LogP contribution >= 0.6 is 0 Å². The number of nitrogens with one attached hydrogen (secondary N) is 1. The average molecular weight is 309 g/mol. The molecule has 4 aromatic carbocycles. The minimum absolute atomic E-state index is 0.728. The highest BCUT2D eigenvalue weighted by molar-refractivity contribution is 6.15. The zero-order chi connectivity index (χ0) is 16.1. The Kier molecular flexibility index (Phi) is 2.65. The van der Waals surface area contributed by atoms with Gasteiger partial charge in [-0.3, -0.25) is 0 Å². The van der Waals surface area contributed by atoms with Gasteiger partial charge in [-0.25, -0.2) is 4.98 Å². The first kappa shape index (κ1) is 13.1. The van der Waals surface area contributed by atoms with Crippen molar-refractivity contribution in [3.63, 3.8) is 0 Å². The number of imidazole rings is 1. The maximum Gasteiger partial charge on any atom is 0.140 e. The van der Waals surface area contributed by atoms with E-state index in [0.29, 0.717) is 0 Å². The Labute approximate surface area is 138 Å². The van der Waals surface area contributed by atoms with Gasteiger partial charge >= 0.3 is 0 Å². The highest BCUT2D eigenvalue weighted by atomic mass is 14.9. The number of hydrogen-bond donors (Lipinski definition) is 2. The first-order valence-electron chi connectivity index (χ1n) is 7.96. The van der Waals surface area contributed by atoms with Crippen LogP contribution in [0.2, 0.25) is 0 Å². The third-order valence-corrected chi connectivity index (χ3v) is 4.59. The standard InChI is InChI=1S/C21H15N3/c22-18-8-4-3-7-17(18)21-23-19-12-11-15-14-6-2-1-5-13(14)9-10-16(15)20(19)24-21/h1-12H,22H2,(H,23,24). The van der Waals surface area contributed by atoms with Crippen LogP contribution in [0.5, 0.6) is 0 Å². The van der Waals surface area contributed by atoms with Crippen LogP contribution in [0.15, 0.2) is 72.8 Å². The van der Waals surface area contributed by atoms with Crippen molar-refractivity contribution in [1.82, 2.24) is 9.97 Å². The summed E-state index contributed by atoms with van der Waals surface area (Å²) in [5, 5.41) is 4.87. The summed E-state index contributed by atoms with van der Waals surface area (Å²) in [5.74, 6) is 0.809. The summed E-state index contributed by atoms with van der Waals surface area (Å²) >= 11 is 0. The van der Waals surface area contributed by atoms with Crippen LogP contribution in [0.1, 0.15) is 0 Å². The predicted molar refractivity (Wildman–Crippen MR) is 101 cm³/mol. The number of aromatic amines is 1. The number of anilines is 1. The highest BCUT2D eigenvalue weighted by Gasteiger charge is 2.11. The molecule has 5 rings (SSSR count). The Bertz CT molecular complexity index is 1220. The van der Waals surface area contributed by atoms with Gasteiger partial charge in [0, 0.05) is 16.6 Å². The van der Waals surface area contributed by atoms with Crippen LogP contribution in [0.4, 0.5) is 5.69 Å². The summed E-state index contributed by atoms with van der Waals surface area (Å²) < 4.78 is 0. The first-order chi connectivity index (χ1) is 11.8. The Balaban J connectivity index is 1.85. The molecule has 0 bridgehead atoms. The van der Waals surface area contributed by atoms with Gasteiger partial charge in [0.05, 0.1) is 11.0 Å². The van der Waals surface area contributed by atoms with Crippen molar-refractivity contribution in [3.05, 3.63) is 72.8 Å². The van der Waals surface area contributed by atoms with Crippen molar-refractivity contribution < 1.29 is 0 Å². The van der Waals surface area contributed by atoms with E-state index < -0.39 is 0 Å². The van der Waals surface area contributed by atoms with Crippen molar-refractivity contribution >= 4 is 38.3 Å². The molecule has 114 valence electrons. The van der Waals surface area contributed by atoms with E-state index in [-0.39, 0.29) is 0 Å². The zero-order valence-electron chi connectivity index (χ0n) is 13.0. The molecular weight excluding hydrogens is 294 g/mol. The smallest absolute Gasteiger partial charge is 0.140 e. The molecule has 0 aliphatic carbocycles. The van der Waals surface area contributed by atoms with E-state index in [9.17, 15) is 0 Å². The molecule has 0 aliphatic heterocycles. The fourth-order valence-electron chi connectivity index (χ4n) is 3.40. The van der Waals surface area contributed by atoms with Gasteiger partial charge in [-0.1, -0.05) is 54.6 Å². The van der Waals surface area contributed by atoms with Crippen LogP contribution in [0.3, 0.4) is 0 Å². The summed E-state index contributed by atoms with van der Waals surface area (Å²) in [5.41, 5.74) is 9.77. The zero-order valence-corrected chi connectivity index (χ0v) is 13.0. The molecule has 1 heterocycles. The predicted octanol–water partition coefficient (Wildman–Crippen LogP) is 5.12. The quantitative estimate of drug-likeness (QED) is 0.333. The molecule has 24 heavy (non-hydrogen) atoms. The largest absolute Gasteiger partial charge is 0.398 e. The monoisotopic (exact) mass is 309 g/mol. The molecule has 0 radical (unpaired) electrons. The maximum atomic E-state index is 6.10. The van der Waals surface area contributed by atoms with E-state index in [4.69, 9.17) is 10.7 Å². The number of nitrogens with two attached hydrogens (primary N) is 1. The summed E-state index contributed by atoms with van der Waals surface area (Å²) in [7, 11) is 0. The van der Waals surface area contributed by atoms with E-state index in [1.165, 1.54) is 16.2 Å². The third kappa shape index (κ3) is 1.82. The number of aromatic nitrogens is 2. The number of para-hydroxylation sites is 1. The lowest BCUT2D eigenvalue weighted by atomic mass is 10.0. The normalized spacial score (nSPS) is 11.5. The lowest BCUT2D eigenvalue weighted by Gasteiger charge is -2.04. The van der Waals surface area contributed by atoms with Gasteiger partial charge < -0.3 is 10.7 Å². The maximum absolute atomic E-state index is 6.10. The number of nitrogen functional groups attached to an aromatic ring is 1. The summed E-state index contributed by atoms with van der Waals surface area (Å²) in [6.45, 7) is 0. The third-order valence-electron chi connectivity index (χ3n) is 4.59. The number of fused-ring (bicyclic) bond motifs is 5. The summed E-state index contributed by atoms with van der Waals surface area (Å²) in [6, 6.07) is 24.8. The molecule has 0 aliphatic rings. The lowest BCUT2D eigenvalue weighted by Crippen LogP contribution is -1.90. The van der Waals surface area contributed by atoms with E-state index in [0.717, 1.165) is 33.5 Å². The minimum atomic E-state index is 0.728.